The second kappa shape index (κ2) is 14.4. The van der Waals surface area contributed by atoms with Crippen molar-refractivity contribution in [3.8, 4) is 0 Å². The number of nitrogens with zero attached hydrogens (tertiary/aromatic N) is 3. The molecule has 1 fully saturated rings. The van der Waals surface area contributed by atoms with Gasteiger partial charge in [0.2, 0.25) is 17.6 Å². The summed E-state index contributed by atoms with van der Waals surface area (Å²) in [5.41, 5.74) is -0.779. The Morgan fingerprint density at radius 2 is 1.77 bits per heavy atom. The number of ether oxygens (including phenoxy) is 3. The van der Waals surface area contributed by atoms with Crippen LogP contribution < -0.4 is 10.6 Å². The summed E-state index contributed by atoms with van der Waals surface area (Å²) in [7, 11) is 0. The monoisotopic (exact) mass is 573 g/mol. The summed E-state index contributed by atoms with van der Waals surface area (Å²) in [6, 6.07) is 3.89. The molecule has 0 aliphatic carbocycles. The molecule has 1 aliphatic heterocycles. The minimum atomic E-state index is -4.64. The zero-order valence-electron chi connectivity index (χ0n) is 23.3. The Kier molecular flexibility index (Phi) is 11.9. The Morgan fingerprint density at radius 1 is 1.10 bits per heavy atom. The fourth-order valence-electron chi connectivity index (χ4n) is 4.24. The van der Waals surface area contributed by atoms with Gasteiger partial charge in [0.15, 0.2) is 0 Å². The fraction of sp³-hybridized carbons (Fsp3) is 0.615. The largest absolute Gasteiger partial charge is 0.445 e. The standard InChI is InChI=1S/C26H38F3N5O6/c1-6-15-38-23(37)34-14-13-33(16-19(34)21(35)31-18-26(27,28)29)24(4,5)22(36)32-17-25(39-7-2,40-8-3)20-11-9-10-12-30-20/h6,9-12,19H,1,7-8,13-18H2,2-5H3,(H,31,35)(H,32,36)/t19-/m0/s1. The molecule has 0 radical (unpaired) electrons. The summed E-state index contributed by atoms with van der Waals surface area (Å²) in [4.78, 5) is 45.8. The number of hydrogen-bond donors (Lipinski definition) is 2. The summed E-state index contributed by atoms with van der Waals surface area (Å²) >= 11 is 0. The van der Waals surface area contributed by atoms with Crippen LogP contribution in [0.1, 0.15) is 33.4 Å². The van der Waals surface area contributed by atoms with E-state index in [1.165, 1.54) is 6.08 Å². The molecular formula is C26H38F3N5O6. The zero-order valence-corrected chi connectivity index (χ0v) is 23.3. The van der Waals surface area contributed by atoms with Gasteiger partial charge in [-0.15, -0.1) is 0 Å². The third kappa shape index (κ3) is 8.63. The van der Waals surface area contributed by atoms with Crippen molar-refractivity contribution in [3.63, 3.8) is 0 Å². The lowest BCUT2D eigenvalue weighted by atomic mass is 9.97. The van der Waals surface area contributed by atoms with Gasteiger partial charge in [0.05, 0.1) is 12.1 Å². The van der Waals surface area contributed by atoms with Crippen molar-refractivity contribution in [1.82, 2.24) is 25.4 Å². The first-order chi connectivity index (χ1) is 18.8. The molecule has 0 unspecified atom stereocenters. The van der Waals surface area contributed by atoms with Gasteiger partial charge < -0.3 is 24.8 Å². The number of carbonyl (C=O) groups is 3. The molecule has 0 saturated carbocycles. The molecule has 1 saturated heterocycles. The molecule has 1 atom stereocenters. The lowest BCUT2D eigenvalue weighted by Gasteiger charge is -2.46. The van der Waals surface area contributed by atoms with Crippen molar-refractivity contribution < 1.29 is 41.8 Å². The van der Waals surface area contributed by atoms with Crippen LogP contribution in [0, 0.1) is 0 Å². The highest BCUT2D eigenvalue weighted by Crippen LogP contribution is 2.27. The first-order valence-electron chi connectivity index (χ1n) is 12.9. The number of halogens is 3. The van der Waals surface area contributed by atoms with Crippen LogP contribution in [0.3, 0.4) is 0 Å². The predicted octanol–water partition coefficient (Wildman–Crippen LogP) is 2.19. The van der Waals surface area contributed by atoms with Gasteiger partial charge >= 0.3 is 12.3 Å². The Hall–Kier alpha value is -3.23. The van der Waals surface area contributed by atoms with Gasteiger partial charge in [-0.05, 0) is 39.8 Å². The van der Waals surface area contributed by atoms with Crippen LogP contribution in [0.2, 0.25) is 0 Å². The Bertz CT molecular complexity index is 1000. The molecule has 0 aromatic carbocycles. The molecule has 2 N–H and O–H groups in total. The molecule has 3 amide bonds. The number of pyridine rings is 1. The van der Waals surface area contributed by atoms with Gasteiger partial charge in [-0.3, -0.25) is 24.4 Å². The molecule has 2 heterocycles. The van der Waals surface area contributed by atoms with E-state index in [-0.39, 0.29) is 46.0 Å². The summed E-state index contributed by atoms with van der Waals surface area (Å²) in [5.74, 6) is -2.83. The quantitative estimate of drug-likeness (QED) is 0.272. The number of alkyl halides is 3. The Morgan fingerprint density at radius 3 is 2.33 bits per heavy atom. The fourth-order valence-corrected chi connectivity index (χ4v) is 4.24. The van der Waals surface area contributed by atoms with Crippen LogP contribution >= 0.6 is 0 Å². The van der Waals surface area contributed by atoms with E-state index >= 15 is 0 Å². The molecule has 1 aromatic rings. The topological polar surface area (TPSA) is 122 Å². The molecule has 1 aliphatic rings. The molecular weight excluding hydrogens is 535 g/mol. The number of aromatic nitrogens is 1. The number of hydrogen-bond acceptors (Lipinski definition) is 8. The average molecular weight is 574 g/mol. The van der Waals surface area contributed by atoms with Crippen molar-refractivity contribution in [3.05, 3.63) is 42.7 Å². The maximum Gasteiger partial charge on any atom is 0.410 e. The van der Waals surface area contributed by atoms with E-state index in [1.807, 2.05) is 5.32 Å². The van der Waals surface area contributed by atoms with Gasteiger partial charge in [0.1, 0.15) is 24.9 Å². The van der Waals surface area contributed by atoms with Crippen molar-refractivity contribution in [2.45, 2.75) is 51.2 Å². The van der Waals surface area contributed by atoms with Crippen LogP contribution in [0.25, 0.3) is 0 Å². The third-order valence-corrected chi connectivity index (χ3v) is 6.34. The van der Waals surface area contributed by atoms with E-state index in [2.05, 4.69) is 16.9 Å². The molecule has 2 rings (SSSR count). The lowest BCUT2D eigenvalue weighted by Crippen LogP contribution is -2.67. The maximum absolute atomic E-state index is 13.5. The molecule has 224 valence electrons. The molecule has 14 heteroatoms. The molecule has 1 aromatic heterocycles. The van der Waals surface area contributed by atoms with Crippen molar-refractivity contribution in [2.75, 3.05) is 52.5 Å². The SMILES string of the molecule is C=CCOC(=O)N1CCN(C(C)(C)C(=O)NCC(OCC)(OCC)c2ccccn2)C[C@H]1C(=O)NCC(F)(F)F. The second-order valence-corrected chi connectivity index (χ2v) is 9.43. The highest BCUT2D eigenvalue weighted by molar-refractivity contribution is 5.88. The van der Waals surface area contributed by atoms with Gasteiger partial charge in [-0.2, -0.15) is 13.2 Å². The van der Waals surface area contributed by atoms with Crippen LogP contribution in [-0.2, 0) is 29.6 Å². The van der Waals surface area contributed by atoms with E-state index in [4.69, 9.17) is 14.2 Å². The lowest BCUT2D eigenvalue weighted by molar-refractivity contribution is -0.241. The third-order valence-electron chi connectivity index (χ3n) is 6.34. The van der Waals surface area contributed by atoms with E-state index < -0.39 is 48.0 Å². The van der Waals surface area contributed by atoms with Crippen LogP contribution in [0.4, 0.5) is 18.0 Å². The number of amides is 3. The van der Waals surface area contributed by atoms with Crippen LogP contribution in [0.15, 0.2) is 37.1 Å². The van der Waals surface area contributed by atoms with E-state index in [1.54, 1.807) is 57.0 Å². The predicted molar refractivity (Wildman–Crippen MR) is 139 cm³/mol. The van der Waals surface area contributed by atoms with Crippen molar-refractivity contribution >= 4 is 17.9 Å². The zero-order chi connectivity index (χ0) is 30.0. The molecule has 0 bridgehead atoms. The smallest absolute Gasteiger partial charge is 0.410 e. The van der Waals surface area contributed by atoms with E-state index in [0.717, 1.165) is 4.90 Å². The molecule has 11 nitrogen and oxygen atoms in total. The summed E-state index contributed by atoms with van der Waals surface area (Å²) < 4.78 is 55.2. The van der Waals surface area contributed by atoms with Gasteiger partial charge in [0, 0.05) is 39.0 Å². The summed E-state index contributed by atoms with van der Waals surface area (Å²) in [6.07, 6.45) is -2.60. The summed E-state index contributed by atoms with van der Waals surface area (Å²) in [6.45, 7) is 8.88. The molecule has 0 spiro atoms. The van der Waals surface area contributed by atoms with Crippen LogP contribution in [-0.4, -0.2) is 103 Å². The first kappa shape index (κ1) is 33.0. The van der Waals surface area contributed by atoms with Gasteiger partial charge in [0.25, 0.3) is 0 Å². The number of piperazine rings is 1. The Labute approximate surface area is 232 Å². The Balaban J connectivity index is 2.23. The van der Waals surface area contributed by atoms with Gasteiger partial charge in [-0.1, -0.05) is 18.7 Å². The minimum absolute atomic E-state index is 0.0629. The number of nitrogens with one attached hydrogen (secondary N) is 2. The van der Waals surface area contributed by atoms with Gasteiger partial charge in [-0.25, -0.2) is 4.79 Å². The maximum atomic E-state index is 13.5. The van der Waals surface area contributed by atoms with E-state index in [0.29, 0.717) is 5.69 Å². The van der Waals surface area contributed by atoms with Crippen molar-refractivity contribution in [2.24, 2.45) is 0 Å². The van der Waals surface area contributed by atoms with Crippen molar-refractivity contribution in [1.29, 1.82) is 0 Å². The number of carbonyl (C=O) groups excluding carboxylic acids is 3. The highest BCUT2D eigenvalue weighted by Gasteiger charge is 2.45. The first-order valence-corrected chi connectivity index (χ1v) is 12.9. The minimum Gasteiger partial charge on any atom is -0.445 e. The second-order valence-electron chi connectivity index (χ2n) is 9.43. The van der Waals surface area contributed by atoms with E-state index in [9.17, 15) is 27.6 Å². The molecule has 40 heavy (non-hydrogen) atoms. The highest BCUT2D eigenvalue weighted by atomic mass is 19.4. The van der Waals surface area contributed by atoms with Crippen LogP contribution in [0.5, 0.6) is 0 Å². The number of rotatable bonds is 13. The normalized spacial score (nSPS) is 16.8. The average Bonchev–Trinajstić information content (AvgIpc) is 2.93. The summed E-state index contributed by atoms with van der Waals surface area (Å²) in [5, 5.41) is 4.67.